The normalized spacial score (nSPS) is 8.82. The average Bonchev–Trinajstić information content (AvgIpc) is 2.03. The Morgan fingerprint density at radius 2 is 2.18 bits per heavy atom. The van der Waals surface area contributed by atoms with Gasteiger partial charge in [0.25, 0.3) is 0 Å². The summed E-state index contributed by atoms with van der Waals surface area (Å²) in [6, 6.07) is 5.94. The summed E-state index contributed by atoms with van der Waals surface area (Å²) in [5, 5.41) is 0. The topological polar surface area (TPSA) is 38.9 Å². The summed E-state index contributed by atoms with van der Waals surface area (Å²) in [6.45, 7) is 0.747. The number of aromatic nitrogens is 1. The van der Waals surface area contributed by atoms with Gasteiger partial charge in [-0.2, -0.15) is 0 Å². The molecule has 0 saturated heterocycles. The predicted molar refractivity (Wildman–Crippen MR) is 48.9 cm³/mol. The molecule has 0 aliphatic carbocycles. The Kier molecular flexibility index (Phi) is 5.80. The van der Waals surface area contributed by atoms with E-state index in [-0.39, 0.29) is 12.4 Å². The minimum Gasteiger partial charge on any atom is -0.330 e. The molecule has 0 saturated carbocycles. The van der Waals surface area contributed by atoms with E-state index >= 15 is 0 Å². The monoisotopic (exact) mass is 172 g/mol. The van der Waals surface area contributed by atoms with Crippen molar-refractivity contribution in [3.63, 3.8) is 0 Å². The second kappa shape index (κ2) is 6.13. The molecule has 3 heteroatoms. The van der Waals surface area contributed by atoms with E-state index in [9.17, 15) is 0 Å². The molecule has 0 spiro atoms. The fourth-order valence-electron chi connectivity index (χ4n) is 0.829. The van der Waals surface area contributed by atoms with Crippen LogP contribution in [-0.2, 0) is 6.42 Å². The number of hydrogen-bond acceptors (Lipinski definition) is 2. The van der Waals surface area contributed by atoms with Crippen LogP contribution in [0.4, 0.5) is 0 Å². The smallest absolute Gasteiger partial charge is 0.0404 e. The zero-order valence-corrected chi connectivity index (χ0v) is 7.18. The van der Waals surface area contributed by atoms with Crippen molar-refractivity contribution in [1.82, 2.24) is 4.98 Å². The molecule has 1 aromatic rings. The van der Waals surface area contributed by atoms with Crippen molar-refractivity contribution < 1.29 is 0 Å². The van der Waals surface area contributed by atoms with Crippen molar-refractivity contribution in [3.05, 3.63) is 30.1 Å². The van der Waals surface area contributed by atoms with Gasteiger partial charge in [0.15, 0.2) is 0 Å². The number of nitrogens with two attached hydrogens (primary N) is 1. The van der Waals surface area contributed by atoms with E-state index in [4.69, 9.17) is 5.73 Å². The second-order valence-corrected chi connectivity index (χ2v) is 2.21. The third-order valence-corrected chi connectivity index (χ3v) is 1.36. The maximum Gasteiger partial charge on any atom is 0.0404 e. The third kappa shape index (κ3) is 3.96. The fraction of sp³-hybridized carbons (Fsp3) is 0.375. The van der Waals surface area contributed by atoms with Crippen LogP contribution in [0.2, 0.25) is 0 Å². The second-order valence-electron chi connectivity index (χ2n) is 2.21. The Labute approximate surface area is 73.2 Å². The number of halogens is 1. The summed E-state index contributed by atoms with van der Waals surface area (Å²) in [6.07, 6.45) is 3.83. The minimum absolute atomic E-state index is 0. The van der Waals surface area contributed by atoms with Gasteiger partial charge in [-0.1, -0.05) is 6.07 Å². The first-order valence-electron chi connectivity index (χ1n) is 3.53. The van der Waals surface area contributed by atoms with Crippen molar-refractivity contribution in [2.75, 3.05) is 6.54 Å². The summed E-state index contributed by atoms with van der Waals surface area (Å²) in [7, 11) is 0. The lowest BCUT2D eigenvalue weighted by Crippen LogP contribution is -2.00. The molecule has 0 aliphatic rings. The van der Waals surface area contributed by atoms with Gasteiger partial charge in [-0.3, -0.25) is 4.98 Å². The predicted octanol–water partition coefficient (Wildman–Crippen LogP) is 1.39. The highest BCUT2D eigenvalue weighted by molar-refractivity contribution is 5.85. The Balaban J connectivity index is 0.000001000. The van der Waals surface area contributed by atoms with E-state index in [0.29, 0.717) is 0 Å². The molecule has 2 N–H and O–H groups in total. The standard InChI is InChI=1S/C8H12N2.ClH/c9-6-3-5-8-4-1-2-7-10-8;/h1-2,4,7H,3,5-6,9H2;1H. The molecule has 0 aromatic carbocycles. The van der Waals surface area contributed by atoms with Crippen LogP contribution < -0.4 is 5.73 Å². The molecule has 0 aliphatic heterocycles. The highest BCUT2D eigenvalue weighted by atomic mass is 35.5. The van der Waals surface area contributed by atoms with Gasteiger partial charge in [0.2, 0.25) is 0 Å². The van der Waals surface area contributed by atoms with Gasteiger partial charge in [0.1, 0.15) is 0 Å². The zero-order valence-electron chi connectivity index (χ0n) is 6.36. The lowest BCUT2D eigenvalue weighted by Gasteiger charge is -1.95. The van der Waals surface area contributed by atoms with E-state index in [2.05, 4.69) is 4.98 Å². The molecule has 1 heterocycles. The molecule has 0 atom stereocenters. The Morgan fingerprint density at radius 3 is 2.73 bits per heavy atom. The first kappa shape index (κ1) is 10.4. The van der Waals surface area contributed by atoms with Crippen LogP contribution in [0.1, 0.15) is 12.1 Å². The van der Waals surface area contributed by atoms with Crippen molar-refractivity contribution in [1.29, 1.82) is 0 Å². The fourth-order valence-corrected chi connectivity index (χ4v) is 0.829. The zero-order chi connectivity index (χ0) is 7.23. The Hall–Kier alpha value is -0.600. The van der Waals surface area contributed by atoms with Gasteiger partial charge in [-0.05, 0) is 31.5 Å². The van der Waals surface area contributed by atoms with E-state index in [1.54, 1.807) is 0 Å². The summed E-state index contributed by atoms with van der Waals surface area (Å²) >= 11 is 0. The number of hydrogen-bond donors (Lipinski definition) is 1. The van der Waals surface area contributed by atoms with Crippen LogP contribution >= 0.6 is 12.4 Å². The van der Waals surface area contributed by atoms with Gasteiger partial charge in [-0.15, -0.1) is 12.4 Å². The van der Waals surface area contributed by atoms with Gasteiger partial charge >= 0.3 is 0 Å². The van der Waals surface area contributed by atoms with Gasteiger partial charge < -0.3 is 5.73 Å². The molecule has 0 radical (unpaired) electrons. The first-order chi connectivity index (χ1) is 4.93. The number of aryl methyl sites for hydroxylation is 1. The Bertz CT molecular complexity index is 177. The maximum absolute atomic E-state index is 5.35. The Morgan fingerprint density at radius 1 is 1.36 bits per heavy atom. The van der Waals surface area contributed by atoms with Gasteiger partial charge in [0, 0.05) is 11.9 Å². The van der Waals surface area contributed by atoms with Crippen molar-refractivity contribution in [2.45, 2.75) is 12.8 Å². The summed E-state index contributed by atoms with van der Waals surface area (Å²) < 4.78 is 0. The lowest BCUT2D eigenvalue weighted by atomic mass is 10.2. The van der Waals surface area contributed by atoms with E-state index < -0.39 is 0 Å². The molecule has 0 bridgehead atoms. The van der Waals surface area contributed by atoms with E-state index in [0.717, 1.165) is 25.1 Å². The van der Waals surface area contributed by atoms with Crippen molar-refractivity contribution in [2.24, 2.45) is 5.73 Å². The van der Waals surface area contributed by atoms with Gasteiger partial charge in [-0.25, -0.2) is 0 Å². The molecule has 1 rings (SSSR count). The summed E-state index contributed by atoms with van der Waals surface area (Å²) in [4.78, 5) is 4.16. The number of nitrogens with zero attached hydrogens (tertiary/aromatic N) is 1. The summed E-state index contributed by atoms with van der Waals surface area (Å²) in [5.74, 6) is 0. The highest BCUT2D eigenvalue weighted by Crippen LogP contribution is 1.95. The van der Waals surface area contributed by atoms with Crippen LogP contribution in [0.3, 0.4) is 0 Å². The molecule has 11 heavy (non-hydrogen) atoms. The number of pyridine rings is 1. The van der Waals surface area contributed by atoms with Crippen molar-refractivity contribution in [3.8, 4) is 0 Å². The van der Waals surface area contributed by atoms with Crippen molar-refractivity contribution >= 4 is 12.4 Å². The molecule has 2 nitrogen and oxygen atoms in total. The largest absolute Gasteiger partial charge is 0.330 e. The third-order valence-electron chi connectivity index (χ3n) is 1.36. The molecule has 0 amide bonds. The SMILES string of the molecule is Cl.NCCCc1ccccn1. The van der Waals surface area contributed by atoms with Crippen LogP contribution in [0.15, 0.2) is 24.4 Å². The molecule has 1 aromatic heterocycles. The quantitative estimate of drug-likeness (QED) is 0.749. The highest BCUT2D eigenvalue weighted by Gasteiger charge is 1.89. The van der Waals surface area contributed by atoms with Crippen LogP contribution in [-0.4, -0.2) is 11.5 Å². The summed E-state index contributed by atoms with van der Waals surface area (Å²) in [5.41, 5.74) is 6.48. The van der Waals surface area contributed by atoms with Crippen LogP contribution in [0.25, 0.3) is 0 Å². The average molecular weight is 173 g/mol. The first-order valence-corrected chi connectivity index (χ1v) is 3.53. The van der Waals surface area contributed by atoms with E-state index in [1.807, 2.05) is 24.4 Å². The molecular formula is C8H13ClN2. The molecular weight excluding hydrogens is 160 g/mol. The van der Waals surface area contributed by atoms with Crippen LogP contribution in [0, 0.1) is 0 Å². The number of rotatable bonds is 3. The minimum atomic E-state index is 0. The van der Waals surface area contributed by atoms with Crippen LogP contribution in [0.5, 0.6) is 0 Å². The molecule has 0 unspecified atom stereocenters. The lowest BCUT2D eigenvalue weighted by molar-refractivity contribution is 0.810. The molecule has 0 fully saturated rings. The maximum atomic E-state index is 5.35. The van der Waals surface area contributed by atoms with E-state index in [1.165, 1.54) is 0 Å². The van der Waals surface area contributed by atoms with Gasteiger partial charge in [0.05, 0.1) is 0 Å². The molecule has 62 valence electrons.